The molecule has 0 saturated carbocycles. The summed E-state index contributed by atoms with van der Waals surface area (Å²) in [7, 11) is -2.56. The average molecular weight is 492 g/mol. The Morgan fingerprint density at radius 2 is 1.65 bits per heavy atom. The minimum absolute atomic E-state index is 0.0528. The van der Waals surface area contributed by atoms with Crippen LogP contribution in [-0.2, 0) is 26.2 Å². The van der Waals surface area contributed by atoms with Crippen LogP contribution < -0.4 is 5.32 Å². The highest BCUT2D eigenvalue weighted by Crippen LogP contribution is 2.18. The van der Waals surface area contributed by atoms with Crippen molar-refractivity contribution in [2.24, 2.45) is 0 Å². The number of halogens is 1. The van der Waals surface area contributed by atoms with Gasteiger partial charge in [-0.1, -0.05) is 50.1 Å². The van der Waals surface area contributed by atoms with Gasteiger partial charge in [-0.05, 0) is 49.6 Å². The number of rotatable bonds is 12. The van der Waals surface area contributed by atoms with Crippen LogP contribution in [0.4, 0.5) is 4.39 Å². The average Bonchev–Trinajstić information content (AvgIpc) is 2.80. The van der Waals surface area contributed by atoms with Crippen molar-refractivity contribution in [2.45, 2.75) is 57.5 Å². The van der Waals surface area contributed by atoms with Crippen LogP contribution in [0.15, 0.2) is 53.4 Å². The van der Waals surface area contributed by atoms with Crippen LogP contribution in [0.3, 0.4) is 0 Å². The van der Waals surface area contributed by atoms with E-state index in [1.807, 2.05) is 13.8 Å². The van der Waals surface area contributed by atoms with E-state index in [-0.39, 0.29) is 17.3 Å². The number of nitrogens with zero attached hydrogens (tertiary/aromatic N) is 2. The first-order valence-corrected chi connectivity index (χ1v) is 12.9. The van der Waals surface area contributed by atoms with E-state index in [2.05, 4.69) is 5.32 Å². The predicted molar refractivity (Wildman–Crippen MR) is 130 cm³/mol. The van der Waals surface area contributed by atoms with Gasteiger partial charge in [0.2, 0.25) is 21.8 Å². The number of sulfonamides is 1. The summed E-state index contributed by atoms with van der Waals surface area (Å²) in [4.78, 5) is 27.7. The van der Waals surface area contributed by atoms with Crippen LogP contribution in [0.2, 0.25) is 0 Å². The summed E-state index contributed by atoms with van der Waals surface area (Å²) >= 11 is 0. The summed E-state index contributed by atoms with van der Waals surface area (Å²) in [5, 5.41) is 2.85. The van der Waals surface area contributed by atoms with Gasteiger partial charge in [-0.25, -0.2) is 12.8 Å². The van der Waals surface area contributed by atoms with Gasteiger partial charge in [-0.15, -0.1) is 0 Å². The van der Waals surface area contributed by atoms with Crippen molar-refractivity contribution in [3.8, 4) is 0 Å². The lowest BCUT2D eigenvalue weighted by molar-refractivity contribution is -0.141. The van der Waals surface area contributed by atoms with Gasteiger partial charge in [0.15, 0.2) is 0 Å². The minimum atomic E-state index is -3.90. The monoisotopic (exact) mass is 491 g/mol. The van der Waals surface area contributed by atoms with Crippen molar-refractivity contribution < 1.29 is 22.4 Å². The van der Waals surface area contributed by atoms with Crippen LogP contribution in [0.5, 0.6) is 0 Å². The molecule has 9 heteroatoms. The van der Waals surface area contributed by atoms with Crippen molar-refractivity contribution in [1.29, 1.82) is 0 Å². The molecule has 0 unspecified atom stereocenters. The molecule has 0 fully saturated rings. The summed E-state index contributed by atoms with van der Waals surface area (Å²) in [5.41, 5.74) is 1.56. The topological polar surface area (TPSA) is 86.8 Å². The van der Waals surface area contributed by atoms with E-state index in [0.29, 0.717) is 18.5 Å². The summed E-state index contributed by atoms with van der Waals surface area (Å²) in [6.07, 6.45) is 2.07. The highest BCUT2D eigenvalue weighted by atomic mass is 32.2. The molecule has 2 aromatic carbocycles. The van der Waals surface area contributed by atoms with Crippen molar-refractivity contribution in [1.82, 2.24) is 14.5 Å². The molecule has 0 aliphatic heterocycles. The molecule has 7 nitrogen and oxygen atoms in total. The van der Waals surface area contributed by atoms with Crippen LogP contribution in [-0.4, -0.2) is 55.6 Å². The number of nitrogens with one attached hydrogen (secondary N) is 1. The Labute approximate surface area is 202 Å². The molecule has 0 saturated heterocycles. The zero-order chi connectivity index (χ0) is 25.3. The SMILES string of the molecule is CCCCNC(=O)[C@@H](CC)N(Cc1ccc(F)cc1)C(=O)CN(C)S(=O)(=O)c1ccc(C)cc1. The Morgan fingerprint density at radius 1 is 1.03 bits per heavy atom. The molecule has 2 aromatic rings. The second-order valence-electron chi connectivity index (χ2n) is 8.29. The molecule has 0 aliphatic rings. The fourth-order valence-corrected chi connectivity index (χ4v) is 4.59. The van der Waals surface area contributed by atoms with Crippen LogP contribution in [0.25, 0.3) is 0 Å². The quantitative estimate of drug-likeness (QED) is 0.461. The Balaban J connectivity index is 2.28. The first kappa shape index (κ1) is 27.5. The number of aryl methyl sites for hydroxylation is 1. The van der Waals surface area contributed by atoms with Gasteiger partial charge in [-0.3, -0.25) is 9.59 Å². The minimum Gasteiger partial charge on any atom is -0.354 e. The predicted octanol–water partition coefficient (Wildman–Crippen LogP) is 3.48. The maximum Gasteiger partial charge on any atom is 0.243 e. The van der Waals surface area contributed by atoms with E-state index in [0.717, 1.165) is 22.7 Å². The number of amides is 2. The molecule has 1 atom stereocenters. The normalized spacial score (nSPS) is 12.4. The van der Waals surface area contributed by atoms with Gasteiger partial charge in [0.25, 0.3) is 0 Å². The van der Waals surface area contributed by atoms with E-state index >= 15 is 0 Å². The van der Waals surface area contributed by atoms with Crippen LogP contribution in [0, 0.1) is 12.7 Å². The molecule has 2 amide bonds. The van der Waals surface area contributed by atoms with E-state index < -0.39 is 34.3 Å². The number of carbonyl (C=O) groups excluding carboxylic acids is 2. The van der Waals surface area contributed by atoms with Crippen LogP contribution in [0.1, 0.15) is 44.2 Å². The Morgan fingerprint density at radius 3 is 2.21 bits per heavy atom. The lowest BCUT2D eigenvalue weighted by atomic mass is 10.1. The lowest BCUT2D eigenvalue weighted by Crippen LogP contribution is -2.51. The van der Waals surface area contributed by atoms with Crippen molar-refractivity contribution in [3.05, 3.63) is 65.5 Å². The van der Waals surface area contributed by atoms with Gasteiger partial charge in [0.1, 0.15) is 11.9 Å². The summed E-state index contributed by atoms with van der Waals surface area (Å²) < 4.78 is 40.3. The second-order valence-corrected chi connectivity index (χ2v) is 10.3. The number of benzene rings is 2. The third kappa shape index (κ3) is 7.36. The highest BCUT2D eigenvalue weighted by Gasteiger charge is 2.31. The number of carbonyl (C=O) groups is 2. The molecule has 1 N–H and O–H groups in total. The third-order valence-electron chi connectivity index (χ3n) is 5.57. The van der Waals surface area contributed by atoms with Crippen molar-refractivity contribution in [2.75, 3.05) is 20.1 Å². The number of hydrogen-bond donors (Lipinski definition) is 1. The van der Waals surface area contributed by atoms with Gasteiger partial charge < -0.3 is 10.2 Å². The molecule has 0 aromatic heterocycles. The smallest absolute Gasteiger partial charge is 0.243 e. The number of unbranched alkanes of at least 4 members (excludes halogenated alkanes) is 1. The van der Waals surface area contributed by atoms with E-state index in [1.54, 1.807) is 31.2 Å². The zero-order valence-electron chi connectivity index (χ0n) is 20.3. The van der Waals surface area contributed by atoms with Gasteiger partial charge in [-0.2, -0.15) is 4.31 Å². The first-order valence-electron chi connectivity index (χ1n) is 11.4. The highest BCUT2D eigenvalue weighted by molar-refractivity contribution is 7.89. The van der Waals surface area contributed by atoms with Crippen molar-refractivity contribution in [3.63, 3.8) is 0 Å². The Hall–Kier alpha value is -2.78. The van der Waals surface area contributed by atoms with E-state index in [9.17, 15) is 22.4 Å². The molecular formula is C25H34FN3O4S. The molecule has 0 heterocycles. The fourth-order valence-electron chi connectivity index (χ4n) is 3.47. The summed E-state index contributed by atoms with van der Waals surface area (Å²) in [5.74, 6) is -1.22. The first-order chi connectivity index (χ1) is 16.1. The zero-order valence-corrected chi connectivity index (χ0v) is 21.1. The van der Waals surface area contributed by atoms with E-state index in [1.165, 1.54) is 36.2 Å². The second kappa shape index (κ2) is 12.6. The molecule has 0 radical (unpaired) electrons. The third-order valence-corrected chi connectivity index (χ3v) is 7.39. The van der Waals surface area contributed by atoms with E-state index in [4.69, 9.17) is 0 Å². The summed E-state index contributed by atoms with van der Waals surface area (Å²) in [6, 6.07) is 11.3. The molecule has 2 rings (SSSR count). The fraction of sp³-hybridized carbons (Fsp3) is 0.440. The number of likely N-dealkylation sites (N-methyl/N-ethyl adjacent to an activating group) is 1. The molecule has 0 spiro atoms. The van der Waals surface area contributed by atoms with Gasteiger partial charge >= 0.3 is 0 Å². The number of hydrogen-bond acceptors (Lipinski definition) is 4. The molecular weight excluding hydrogens is 457 g/mol. The van der Waals surface area contributed by atoms with Gasteiger partial charge in [0.05, 0.1) is 11.4 Å². The maximum atomic E-state index is 13.4. The standard InChI is InChI=1S/C25H34FN3O4S/c1-5-7-16-27-25(31)23(6-2)29(17-20-10-12-21(26)13-11-20)24(30)18-28(4)34(32,33)22-14-8-19(3)9-15-22/h8-15,23H,5-7,16-18H2,1-4H3,(H,27,31)/t23-/m1/s1. The molecule has 34 heavy (non-hydrogen) atoms. The molecule has 0 bridgehead atoms. The molecule has 186 valence electrons. The molecule has 0 aliphatic carbocycles. The van der Waals surface area contributed by atoms with Gasteiger partial charge in [0, 0.05) is 20.1 Å². The van der Waals surface area contributed by atoms with Crippen LogP contribution >= 0.6 is 0 Å². The maximum absolute atomic E-state index is 13.4. The Bertz CT molecular complexity index is 1060. The largest absolute Gasteiger partial charge is 0.354 e. The van der Waals surface area contributed by atoms with Crippen molar-refractivity contribution >= 4 is 21.8 Å². The Kier molecular flexibility index (Phi) is 10.2. The lowest BCUT2D eigenvalue weighted by Gasteiger charge is -2.32. The summed E-state index contributed by atoms with van der Waals surface area (Å²) in [6.45, 7) is 5.77.